The van der Waals surface area contributed by atoms with E-state index in [4.69, 9.17) is 0 Å². The van der Waals surface area contributed by atoms with Crippen LogP contribution in [0.3, 0.4) is 0 Å². The molecule has 0 spiro atoms. The molecule has 2 aromatic heterocycles. The lowest BCUT2D eigenvalue weighted by molar-refractivity contribution is 0.425. The molecule has 1 unspecified atom stereocenters. The number of nitrogens with zero attached hydrogens (tertiary/aromatic N) is 4. The molecule has 0 saturated heterocycles. The van der Waals surface area contributed by atoms with Gasteiger partial charge in [0.25, 0.3) is 10.0 Å². The van der Waals surface area contributed by atoms with Crippen molar-refractivity contribution in [1.82, 2.24) is 14.5 Å². The molecular formula is C14H17FN4O2S. The van der Waals surface area contributed by atoms with Gasteiger partial charge in [-0.15, -0.1) is 0 Å². The summed E-state index contributed by atoms with van der Waals surface area (Å²) >= 11 is 0. The molecule has 1 atom stereocenters. The third-order valence-corrected chi connectivity index (χ3v) is 5.58. The van der Waals surface area contributed by atoms with Crippen molar-refractivity contribution in [2.24, 2.45) is 0 Å². The smallest absolute Gasteiger partial charge is 0.284 e. The van der Waals surface area contributed by atoms with E-state index in [1.807, 2.05) is 11.5 Å². The molecule has 0 radical (unpaired) electrons. The Morgan fingerprint density at radius 2 is 2.18 bits per heavy atom. The monoisotopic (exact) mass is 324 g/mol. The van der Waals surface area contributed by atoms with Gasteiger partial charge < -0.3 is 4.57 Å². The molecule has 3 heterocycles. The van der Waals surface area contributed by atoms with E-state index >= 15 is 0 Å². The van der Waals surface area contributed by atoms with E-state index in [-0.39, 0.29) is 16.9 Å². The van der Waals surface area contributed by atoms with E-state index in [9.17, 15) is 12.8 Å². The van der Waals surface area contributed by atoms with Crippen molar-refractivity contribution in [1.29, 1.82) is 0 Å². The molecule has 3 rings (SSSR count). The van der Waals surface area contributed by atoms with Gasteiger partial charge in [0.15, 0.2) is 5.03 Å². The number of anilines is 1. The average molecular weight is 324 g/mol. The fraction of sp³-hybridized carbons (Fsp3) is 0.429. The second kappa shape index (κ2) is 5.35. The van der Waals surface area contributed by atoms with Gasteiger partial charge in [0, 0.05) is 25.7 Å². The topological polar surface area (TPSA) is 68.1 Å². The molecular weight excluding hydrogens is 307 g/mol. The van der Waals surface area contributed by atoms with Crippen LogP contribution in [0.25, 0.3) is 0 Å². The zero-order chi connectivity index (χ0) is 15.9. The Morgan fingerprint density at radius 3 is 2.82 bits per heavy atom. The van der Waals surface area contributed by atoms with E-state index in [1.165, 1.54) is 19.2 Å². The maximum Gasteiger partial charge on any atom is 0.284 e. The Morgan fingerprint density at radius 1 is 1.41 bits per heavy atom. The molecule has 0 fully saturated rings. The fourth-order valence-electron chi connectivity index (χ4n) is 2.61. The Bertz CT molecular complexity index is 786. The lowest BCUT2D eigenvalue weighted by Gasteiger charge is -2.20. The molecule has 8 heteroatoms. The van der Waals surface area contributed by atoms with Crippen LogP contribution in [0.4, 0.5) is 10.2 Å². The van der Waals surface area contributed by atoms with Crippen LogP contribution in [0.5, 0.6) is 0 Å². The van der Waals surface area contributed by atoms with Gasteiger partial charge in [-0.3, -0.25) is 4.31 Å². The Kier molecular flexibility index (Phi) is 3.64. The van der Waals surface area contributed by atoms with E-state index in [0.29, 0.717) is 0 Å². The number of hydrogen-bond acceptors (Lipinski definition) is 4. The molecule has 0 aliphatic carbocycles. The lowest BCUT2D eigenvalue weighted by Crippen LogP contribution is -2.27. The predicted molar refractivity (Wildman–Crippen MR) is 79.7 cm³/mol. The van der Waals surface area contributed by atoms with Gasteiger partial charge in [0.2, 0.25) is 0 Å². The van der Waals surface area contributed by atoms with Gasteiger partial charge in [0.05, 0.1) is 6.20 Å². The summed E-state index contributed by atoms with van der Waals surface area (Å²) in [4.78, 5) is 8.07. The van der Waals surface area contributed by atoms with Crippen molar-refractivity contribution in [2.45, 2.75) is 37.3 Å². The fourth-order valence-corrected chi connectivity index (χ4v) is 3.71. The number of fused-ring (bicyclic) bond motifs is 1. The molecule has 0 saturated carbocycles. The number of pyridine rings is 1. The van der Waals surface area contributed by atoms with Crippen LogP contribution in [-0.4, -0.2) is 30.0 Å². The molecule has 0 N–H and O–H groups in total. The van der Waals surface area contributed by atoms with Crippen molar-refractivity contribution < 1.29 is 12.8 Å². The van der Waals surface area contributed by atoms with E-state index in [0.717, 1.165) is 35.6 Å². The maximum atomic E-state index is 12.9. The number of halogens is 1. The van der Waals surface area contributed by atoms with E-state index < -0.39 is 15.8 Å². The minimum absolute atomic E-state index is 0.00451. The van der Waals surface area contributed by atoms with Crippen LogP contribution in [0.2, 0.25) is 0 Å². The van der Waals surface area contributed by atoms with Crippen LogP contribution >= 0.6 is 0 Å². The van der Waals surface area contributed by atoms with Crippen molar-refractivity contribution in [3.8, 4) is 0 Å². The van der Waals surface area contributed by atoms with Crippen molar-refractivity contribution in [2.75, 3.05) is 11.4 Å². The summed E-state index contributed by atoms with van der Waals surface area (Å²) in [5.41, 5.74) is 0. The van der Waals surface area contributed by atoms with Crippen LogP contribution in [0.15, 0.2) is 29.6 Å². The maximum absolute atomic E-state index is 12.9. The second-order valence-corrected chi connectivity index (χ2v) is 7.37. The summed E-state index contributed by atoms with van der Waals surface area (Å²) in [7, 11) is -2.42. The number of aryl methyl sites for hydroxylation is 1. The van der Waals surface area contributed by atoms with Gasteiger partial charge >= 0.3 is 0 Å². The SMILES string of the molecule is CC1CCCc2nc(S(=O)(=O)N(C)c3ccc(F)cn3)cn21. The number of rotatable bonds is 3. The Hall–Kier alpha value is -1.96. The minimum atomic E-state index is -3.81. The second-order valence-electron chi connectivity index (χ2n) is 5.45. The van der Waals surface area contributed by atoms with Crippen molar-refractivity contribution in [3.05, 3.63) is 36.2 Å². The minimum Gasteiger partial charge on any atom is -0.331 e. The van der Waals surface area contributed by atoms with Crippen LogP contribution in [0, 0.1) is 5.82 Å². The van der Waals surface area contributed by atoms with E-state index in [2.05, 4.69) is 9.97 Å². The number of aromatic nitrogens is 3. The molecule has 1 aliphatic heterocycles. The number of imidazole rings is 1. The van der Waals surface area contributed by atoms with E-state index in [1.54, 1.807) is 6.20 Å². The molecule has 0 aromatic carbocycles. The summed E-state index contributed by atoms with van der Waals surface area (Å²) in [6.45, 7) is 2.05. The van der Waals surface area contributed by atoms with Crippen molar-refractivity contribution in [3.63, 3.8) is 0 Å². The first-order valence-corrected chi connectivity index (χ1v) is 8.52. The first kappa shape index (κ1) is 15.0. The number of sulfonamides is 1. The Labute approximate surface area is 128 Å². The quantitative estimate of drug-likeness (QED) is 0.867. The largest absolute Gasteiger partial charge is 0.331 e. The molecule has 2 aromatic rings. The Balaban J connectivity index is 1.97. The molecule has 6 nitrogen and oxygen atoms in total. The zero-order valence-corrected chi connectivity index (χ0v) is 13.2. The summed E-state index contributed by atoms with van der Waals surface area (Å²) in [5, 5.41) is 0.00451. The standard InChI is InChI=1S/C14H17FN4O2S/c1-10-4-3-5-13-17-14(9-19(10)13)22(20,21)18(2)12-7-6-11(15)8-16-12/h6-10H,3-5H2,1-2H3. The summed E-state index contributed by atoms with van der Waals surface area (Å²) in [6, 6.07) is 2.74. The lowest BCUT2D eigenvalue weighted by atomic mass is 10.1. The first-order valence-electron chi connectivity index (χ1n) is 7.08. The van der Waals surface area contributed by atoms with Crippen LogP contribution in [-0.2, 0) is 16.4 Å². The molecule has 118 valence electrons. The van der Waals surface area contributed by atoms with Gasteiger partial charge in [-0.05, 0) is 31.9 Å². The number of hydrogen-bond donors (Lipinski definition) is 0. The molecule has 0 amide bonds. The van der Waals surface area contributed by atoms with Crippen LogP contribution in [0.1, 0.15) is 31.6 Å². The third-order valence-electron chi connectivity index (χ3n) is 3.94. The van der Waals surface area contributed by atoms with Crippen molar-refractivity contribution >= 4 is 15.8 Å². The highest BCUT2D eigenvalue weighted by Crippen LogP contribution is 2.27. The summed E-state index contributed by atoms with van der Waals surface area (Å²) in [6.07, 6.45) is 5.36. The summed E-state index contributed by atoms with van der Waals surface area (Å²) in [5.74, 6) is 0.430. The highest BCUT2D eigenvalue weighted by atomic mass is 32.2. The van der Waals surface area contributed by atoms with Gasteiger partial charge in [-0.1, -0.05) is 0 Å². The summed E-state index contributed by atoms with van der Waals surface area (Å²) < 4.78 is 41.2. The normalized spacial score (nSPS) is 18.0. The average Bonchev–Trinajstić information content (AvgIpc) is 2.94. The van der Waals surface area contributed by atoms with Gasteiger partial charge in [-0.2, -0.15) is 8.42 Å². The van der Waals surface area contributed by atoms with Crippen LogP contribution < -0.4 is 4.31 Å². The zero-order valence-electron chi connectivity index (χ0n) is 12.4. The van der Waals surface area contributed by atoms with Gasteiger partial charge in [-0.25, -0.2) is 14.4 Å². The molecule has 1 aliphatic rings. The highest BCUT2D eigenvalue weighted by Gasteiger charge is 2.28. The van der Waals surface area contributed by atoms with Gasteiger partial charge in [0.1, 0.15) is 17.5 Å². The third kappa shape index (κ3) is 2.47. The molecule has 22 heavy (non-hydrogen) atoms. The highest BCUT2D eigenvalue weighted by molar-refractivity contribution is 7.92. The molecule has 0 bridgehead atoms. The first-order chi connectivity index (χ1) is 10.4. The predicted octanol–water partition coefficient (Wildman–Crippen LogP) is 2.14.